The van der Waals surface area contributed by atoms with E-state index < -0.39 is 5.60 Å². The second-order valence-electron chi connectivity index (χ2n) is 8.41. The highest BCUT2D eigenvalue weighted by atomic mass is 16.6. The molecule has 4 heterocycles. The molecule has 0 atom stereocenters. The summed E-state index contributed by atoms with van der Waals surface area (Å²) >= 11 is 0. The zero-order valence-electron chi connectivity index (χ0n) is 17.0. The predicted octanol–water partition coefficient (Wildman–Crippen LogP) is 2.66. The quantitative estimate of drug-likeness (QED) is 0.821. The van der Waals surface area contributed by atoms with E-state index in [1.54, 1.807) is 17.3 Å². The number of aromatic nitrogens is 4. The Morgan fingerprint density at radius 3 is 2.52 bits per heavy atom. The van der Waals surface area contributed by atoms with Gasteiger partial charge in [0.05, 0.1) is 30.0 Å². The van der Waals surface area contributed by atoms with Crippen LogP contribution >= 0.6 is 0 Å². The van der Waals surface area contributed by atoms with Crippen LogP contribution in [0.25, 0.3) is 11.4 Å². The fourth-order valence-corrected chi connectivity index (χ4v) is 3.63. The first-order valence-corrected chi connectivity index (χ1v) is 9.83. The van der Waals surface area contributed by atoms with Crippen LogP contribution in [-0.2, 0) is 22.6 Å². The summed E-state index contributed by atoms with van der Waals surface area (Å²) in [5, 5.41) is 0. The second-order valence-corrected chi connectivity index (χ2v) is 8.41. The molecule has 29 heavy (non-hydrogen) atoms. The minimum atomic E-state index is -0.548. The summed E-state index contributed by atoms with van der Waals surface area (Å²) in [6.07, 6.45) is 4.70. The SMILES string of the molecule is CC(C)(C)OC(=O)N1Cc2nc(-c3cnc(N)nc3)nc(C3CCOCC3)c2C1. The summed E-state index contributed by atoms with van der Waals surface area (Å²) in [6, 6.07) is 0. The normalized spacial score (nSPS) is 17.3. The molecule has 2 aromatic rings. The molecular formula is C20H26N6O3. The average molecular weight is 398 g/mol. The van der Waals surface area contributed by atoms with Crippen LogP contribution in [-0.4, -0.2) is 49.7 Å². The molecule has 0 aliphatic carbocycles. The van der Waals surface area contributed by atoms with Crippen LogP contribution in [0, 0.1) is 0 Å². The highest BCUT2D eigenvalue weighted by Gasteiger charge is 2.33. The summed E-state index contributed by atoms with van der Waals surface area (Å²) < 4.78 is 11.1. The lowest BCUT2D eigenvalue weighted by Gasteiger charge is -2.25. The van der Waals surface area contributed by atoms with E-state index in [9.17, 15) is 4.79 Å². The Morgan fingerprint density at radius 2 is 1.86 bits per heavy atom. The number of nitrogens with zero attached hydrogens (tertiary/aromatic N) is 5. The van der Waals surface area contributed by atoms with Crippen LogP contribution in [0.3, 0.4) is 0 Å². The Morgan fingerprint density at radius 1 is 1.17 bits per heavy atom. The Labute approximate surface area is 169 Å². The van der Waals surface area contributed by atoms with E-state index in [4.69, 9.17) is 25.2 Å². The number of rotatable bonds is 2. The minimum Gasteiger partial charge on any atom is -0.444 e. The molecule has 0 bridgehead atoms. The van der Waals surface area contributed by atoms with Crippen LogP contribution in [0.15, 0.2) is 12.4 Å². The van der Waals surface area contributed by atoms with Crippen molar-refractivity contribution in [2.24, 2.45) is 0 Å². The molecule has 2 aromatic heterocycles. The molecule has 1 fully saturated rings. The van der Waals surface area contributed by atoms with Crippen molar-refractivity contribution in [3.05, 3.63) is 29.3 Å². The molecule has 2 aliphatic heterocycles. The summed E-state index contributed by atoms with van der Waals surface area (Å²) in [5.74, 6) is 1.03. The van der Waals surface area contributed by atoms with Gasteiger partial charge in [-0.15, -0.1) is 0 Å². The molecule has 0 aromatic carbocycles. The fourth-order valence-electron chi connectivity index (χ4n) is 3.63. The lowest BCUT2D eigenvalue weighted by Crippen LogP contribution is -2.33. The van der Waals surface area contributed by atoms with Crippen LogP contribution in [0.5, 0.6) is 0 Å². The molecule has 1 saturated heterocycles. The lowest BCUT2D eigenvalue weighted by molar-refractivity contribution is 0.0240. The molecule has 1 amide bonds. The van der Waals surface area contributed by atoms with Crippen molar-refractivity contribution >= 4 is 12.0 Å². The van der Waals surface area contributed by atoms with Crippen molar-refractivity contribution in [1.82, 2.24) is 24.8 Å². The Bertz CT molecular complexity index is 904. The number of amides is 1. The predicted molar refractivity (Wildman–Crippen MR) is 106 cm³/mol. The molecule has 0 unspecified atom stereocenters. The number of fused-ring (bicyclic) bond motifs is 1. The van der Waals surface area contributed by atoms with Gasteiger partial charge >= 0.3 is 6.09 Å². The maximum absolute atomic E-state index is 12.6. The van der Waals surface area contributed by atoms with Gasteiger partial charge in [-0.2, -0.15) is 0 Å². The van der Waals surface area contributed by atoms with Gasteiger partial charge in [0, 0.05) is 37.1 Å². The third-order valence-corrected chi connectivity index (χ3v) is 5.00. The average Bonchev–Trinajstić information content (AvgIpc) is 3.12. The zero-order chi connectivity index (χ0) is 20.6. The summed E-state index contributed by atoms with van der Waals surface area (Å²) in [4.78, 5) is 32.0. The van der Waals surface area contributed by atoms with Crippen molar-refractivity contribution in [2.75, 3.05) is 18.9 Å². The van der Waals surface area contributed by atoms with E-state index in [1.165, 1.54) is 0 Å². The molecular weight excluding hydrogens is 372 g/mol. The highest BCUT2D eigenvalue weighted by Crippen LogP contribution is 2.35. The molecule has 4 rings (SSSR count). The first-order valence-electron chi connectivity index (χ1n) is 9.83. The van der Waals surface area contributed by atoms with Gasteiger partial charge in [0.1, 0.15) is 5.60 Å². The van der Waals surface area contributed by atoms with Gasteiger partial charge in [-0.05, 0) is 33.6 Å². The first-order chi connectivity index (χ1) is 13.8. The van der Waals surface area contributed by atoms with Crippen LogP contribution in [0.4, 0.5) is 10.7 Å². The van der Waals surface area contributed by atoms with Crippen molar-refractivity contribution in [1.29, 1.82) is 0 Å². The van der Waals surface area contributed by atoms with E-state index in [1.807, 2.05) is 20.8 Å². The maximum atomic E-state index is 12.6. The van der Waals surface area contributed by atoms with Gasteiger partial charge in [0.2, 0.25) is 5.95 Å². The van der Waals surface area contributed by atoms with Gasteiger partial charge in [0.25, 0.3) is 0 Å². The van der Waals surface area contributed by atoms with Gasteiger partial charge in [-0.25, -0.2) is 24.7 Å². The Kier molecular flexibility index (Phi) is 5.08. The molecule has 0 radical (unpaired) electrons. The van der Waals surface area contributed by atoms with Crippen molar-refractivity contribution in [3.8, 4) is 11.4 Å². The molecule has 2 aliphatic rings. The standard InChI is InChI=1S/C20H26N6O3/c1-20(2,3)29-19(27)26-10-14-15(11-26)24-17(13-8-22-18(21)23-9-13)25-16(14)12-4-6-28-7-5-12/h8-9,12H,4-7,10-11H2,1-3H3,(H2,21,22,23). The lowest BCUT2D eigenvalue weighted by atomic mass is 9.92. The van der Waals surface area contributed by atoms with E-state index in [0.717, 1.165) is 29.8 Å². The van der Waals surface area contributed by atoms with Crippen molar-refractivity contribution in [2.45, 2.75) is 58.2 Å². The van der Waals surface area contributed by atoms with E-state index in [0.29, 0.717) is 37.7 Å². The maximum Gasteiger partial charge on any atom is 0.410 e. The van der Waals surface area contributed by atoms with Crippen LogP contribution < -0.4 is 5.73 Å². The molecule has 0 spiro atoms. The Hall–Kier alpha value is -2.81. The first kappa shape index (κ1) is 19.5. The molecule has 9 nitrogen and oxygen atoms in total. The van der Waals surface area contributed by atoms with E-state index in [2.05, 4.69) is 9.97 Å². The van der Waals surface area contributed by atoms with E-state index >= 15 is 0 Å². The van der Waals surface area contributed by atoms with Crippen LogP contribution in [0.2, 0.25) is 0 Å². The van der Waals surface area contributed by atoms with E-state index in [-0.39, 0.29) is 18.0 Å². The highest BCUT2D eigenvalue weighted by molar-refractivity contribution is 5.69. The largest absolute Gasteiger partial charge is 0.444 e. The number of anilines is 1. The monoisotopic (exact) mass is 398 g/mol. The van der Waals surface area contributed by atoms with Crippen molar-refractivity contribution in [3.63, 3.8) is 0 Å². The molecule has 2 N–H and O–H groups in total. The number of ether oxygens (including phenoxy) is 2. The zero-order valence-corrected chi connectivity index (χ0v) is 17.0. The smallest absolute Gasteiger partial charge is 0.410 e. The number of nitrogens with two attached hydrogens (primary N) is 1. The van der Waals surface area contributed by atoms with Gasteiger partial charge in [-0.3, -0.25) is 4.90 Å². The van der Waals surface area contributed by atoms with Gasteiger partial charge in [-0.1, -0.05) is 0 Å². The number of carbonyl (C=O) groups excluding carboxylic acids is 1. The summed E-state index contributed by atoms with van der Waals surface area (Å²) in [6.45, 7) is 7.85. The molecule has 9 heteroatoms. The third-order valence-electron chi connectivity index (χ3n) is 5.00. The Balaban J connectivity index is 1.69. The number of nitrogen functional groups attached to an aromatic ring is 1. The van der Waals surface area contributed by atoms with Crippen LogP contribution in [0.1, 0.15) is 56.5 Å². The van der Waals surface area contributed by atoms with Crippen molar-refractivity contribution < 1.29 is 14.3 Å². The summed E-state index contributed by atoms with van der Waals surface area (Å²) in [7, 11) is 0. The number of carbonyl (C=O) groups is 1. The minimum absolute atomic E-state index is 0.204. The summed E-state index contributed by atoms with van der Waals surface area (Å²) in [5.41, 5.74) is 8.61. The topological polar surface area (TPSA) is 116 Å². The number of hydrogen-bond acceptors (Lipinski definition) is 8. The van der Waals surface area contributed by atoms with Gasteiger partial charge in [0.15, 0.2) is 5.82 Å². The number of hydrogen-bond donors (Lipinski definition) is 1. The molecule has 0 saturated carbocycles. The third kappa shape index (κ3) is 4.29. The second kappa shape index (κ2) is 7.55. The fraction of sp³-hybridized carbons (Fsp3) is 0.550. The molecule has 154 valence electrons. The van der Waals surface area contributed by atoms with Gasteiger partial charge < -0.3 is 15.2 Å².